The fourth-order valence-corrected chi connectivity index (χ4v) is 2.26. The Morgan fingerprint density at radius 1 is 1.06 bits per heavy atom. The van der Waals surface area contributed by atoms with Gasteiger partial charge < -0.3 is 4.90 Å². The maximum atomic E-state index is 6.10. The number of halogens is 1. The number of rotatable bonds is 7. The topological polar surface area (TPSA) is 3.24 Å². The first-order valence-corrected chi connectivity index (χ1v) is 7.08. The molecule has 0 aromatic heterocycles. The zero-order valence-electron chi connectivity index (χ0n) is 11.3. The minimum atomic E-state index is 0.835. The summed E-state index contributed by atoms with van der Waals surface area (Å²) in [6.45, 7) is 8.89. The molecule has 1 rings (SSSR count). The Morgan fingerprint density at radius 2 is 1.82 bits per heavy atom. The van der Waals surface area contributed by atoms with Crippen LogP contribution < -0.4 is 4.90 Å². The average Bonchev–Trinajstić information content (AvgIpc) is 2.32. The third-order valence-electron chi connectivity index (χ3n) is 3.04. The summed E-state index contributed by atoms with van der Waals surface area (Å²) in [6, 6.07) is 6.18. The molecule has 1 nitrogen and oxygen atoms in total. The standard InChI is InChI=1S/C15H24ClN/c1-4-6-7-11-17(10-5-2)15-12-14(16)9-8-13(15)3/h8-9,12H,4-7,10-11H2,1-3H3. The van der Waals surface area contributed by atoms with Crippen LogP contribution in [0.2, 0.25) is 5.02 Å². The Kier molecular flexibility index (Phi) is 6.43. The summed E-state index contributed by atoms with van der Waals surface area (Å²) < 4.78 is 0. The molecule has 1 aromatic carbocycles. The first-order valence-electron chi connectivity index (χ1n) is 6.70. The van der Waals surface area contributed by atoms with Crippen molar-refractivity contribution in [3.63, 3.8) is 0 Å². The Morgan fingerprint density at radius 3 is 2.47 bits per heavy atom. The van der Waals surface area contributed by atoms with Gasteiger partial charge in [-0.3, -0.25) is 0 Å². The van der Waals surface area contributed by atoms with Gasteiger partial charge in [-0.25, -0.2) is 0 Å². The summed E-state index contributed by atoms with van der Waals surface area (Å²) in [5.74, 6) is 0. The van der Waals surface area contributed by atoms with E-state index in [4.69, 9.17) is 11.6 Å². The van der Waals surface area contributed by atoms with Crippen LogP contribution in [-0.4, -0.2) is 13.1 Å². The molecule has 2 heteroatoms. The summed E-state index contributed by atoms with van der Waals surface area (Å²) in [4.78, 5) is 2.47. The molecule has 0 bridgehead atoms. The molecule has 96 valence electrons. The van der Waals surface area contributed by atoms with Crippen LogP contribution in [0.1, 0.15) is 45.1 Å². The van der Waals surface area contributed by atoms with Crippen molar-refractivity contribution >= 4 is 17.3 Å². The number of nitrogens with zero attached hydrogens (tertiary/aromatic N) is 1. The zero-order valence-corrected chi connectivity index (χ0v) is 12.1. The van der Waals surface area contributed by atoms with Gasteiger partial charge in [0.2, 0.25) is 0 Å². The lowest BCUT2D eigenvalue weighted by Gasteiger charge is -2.26. The monoisotopic (exact) mass is 253 g/mol. The number of unbranched alkanes of at least 4 members (excludes halogenated alkanes) is 2. The largest absolute Gasteiger partial charge is 0.371 e. The van der Waals surface area contributed by atoms with Crippen molar-refractivity contribution in [2.24, 2.45) is 0 Å². The minimum Gasteiger partial charge on any atom is -0.371 e. The van der Waals surface area contributed by atoms with Crippen LogP contribution >= 0.6 is 11.6 Å². The van der Waals surface area contributed by atoms with E-state index in [1.54, 1.807) is 0 Å². The Balaban J connectivity index is 2.77. The van der Waals surface area contributed by atoms with Crippen LogP contribution in [0.5, 0.6) is 0 Å². The van der Waals surface area contributed by atoms with Gasteiger partial charge in [-0.1, -0.05) is 44.4 Å². The smallest absolute Gasteiger partial charge is 0.0426 e. The first-order chi connectivity index (χ1) is 8.19. The molecule has 0 heterocycles. The molecule has 0 aliphatic carbocycles. The van der Waals surface area contributed by atoms with Crippen molar-refractivity contribution < 1.29 is 0 Å². The third kappa shape index (κ3) is 4.59. The van der Waals surface area contributed by atoms with Gasteiger partial charge in [-0.15, -0.1) is 0 Å². The molecule has 0 aliphatic heterocycles. The van der Waals surface area contributed by atoms with Crippen LogP contribution in [0.4, 0.5) is 5.69 Å². The van der Waals surface area contributed by atoms with Gasteiger partial charge in [0.05, 0.1) is 0 Å². The second-order valence-electron chi connectivity index (χ2n) is 4.62. The Bertz CT molecular complexity index is 336. The van der Waals surface area contributed by atoms with E-state index in [0.717, 1.165) is 18.1 Å². The third-order valence-corrected chi connectivity index (χ3v) is 3.27. The van der Waals surface area contributed by atoms with E-state index < -0.39 is 0 Å². The fourth-order valence-electron chi connectivity index (χ4n) is 2.10. The fraction of sp³-hybridized carbons (Fsp3) is 0.600. The highest BCUT2D eigenvalue weighted by atomic mass is 35.5. The predicted molar refractivity (Wildman–Crippen MR) is 78.2 cm³/mol. The summed E-state index contributed by atoms with van der Waals surface area (Å²) in [5.41, 5.74) is 2.62. The molecular weight excluding hydrogens is 230 g/mol. The minimum absolute atomic E-state index is 0.835. The lowest BCUT2D eigenvalue weighted by molar-refractivity contribution is 0.668. The lowest BCUT2D eigenvalue weighted by atomic mass is 10.1. The molecule has 0 aliphatic rings. The first kappa shape index (κ1) is 14.4. The van der Waals surface area contributed by atoms with Gasteiger partial charge in [0, 0.05) is 23.8 Å². The summed E-state index contributed by atoms with van der Waals surface area (Å²) >= 11 is 6.10. The molecule has 0 atom stereocenters. The highest BCUT2D eigenvalue weighted by molar-refractivity contribution is 6.30. The molecule has 0 N–H and O–H groups in total. The normalized spacial score (nSPS) is 10.6. The van der Waals surface area contributed by atoms with Gasteiger partial charge in [0.25, 0.3) is 0 Å². The van der Waals surface area contributed by atoms with Gasteiger partial charge in [-0.2, -0.15) is 0 Å². The van der Waals surface area contributed by atoms with E-state index in [0.29, 0.717) is 0 Å². The SMILES string of the molecule is CCCCCN(CCC)c1cc(Cl)ccc1C. The number of hydrogen-bond donors (Lipinski definition) is 0. The van der Waals surface area contributed by atoms with Crippen LogP contribution in [0, 0.1) is 6.92 Å². The van der Waals surface area contributed by atoms with Gasteiger partial charge in [0.15, 0.2) is 0 Å². The van der Waals surface area contributed by atoms with Crippen molar-refractivity contribution in [2.75, 3.05) is 18.0 Å². The average molecular weight is 254 g/mol. The van der Waals surface area contributed by atoms with E-state index >= 15 is 0 Å². The molecular formula is C15H24ClN. The van der Waals surface area contributed by atoms with E-state index in [2.05, 4.69) is 37.8 Å². The van der Waals surface area contributed by atoms with Crippen molar-refractivity contribution in [3.8, 4) is 0 Å². The zero-order chi connectivity index (χ0) is 12.7. The van der Waals surface area contributed by atoms with Crippen molar-refractivity contribution in [1.29, 1.82) is 0 Å². The molecule has 1 aromatic rings. The number of hydrogen-bond acceptors (Lipinski definition) is 1. The van der Waals surface area contributed by atoms with Crippen molar-refractivity contribution in [2.45, 2.75) is 46.5 Å². The highest BCUT2D eigenvalue weighted by Crippen LogP contribution is 2.25. The quantitative estimate of drug-likeness (QED) is 0.615. The molecule has 0 saturated heterocycles. The lowest BCUT2D eigenvalue weighted by Crippen LogP contribution is -2.26. The highest BCUT2D eigenvalue weighted by Gasteiger charge is 2.08. The van der Waals surface area contributed by atoms with E-state index in [1.807, 2.05) is 6.07 Å². The second kappa shape index (κ2) is 7.60. The molecule has 0 fully saturated rings. The number of aryl methyl sites for hydroxylation is 1. The Hall–Kier alpha value is -0.690. The maximum absolute atomic E-state index is 6.10. The molecule has 17 heavy (non-hydrogen) atoms. The molecule has 0 saturated carbocycles. The van der Waals surface area contributed by atoms with Gasteiger partial charge in [-0.05, 0) is 37.5 Å². The molecule has 0 spiro atoms. The van der Waals surface area contributed by atoms with Crippen molar-refractivity contribution in [3.05, 3.63) is 28.8 Å². The van der Waals surface area contributed by atoms with E-state index in [1.165, 1.54) is 36.9 Å². The van der Waals surface area contributed by atoms with Crippen LogP contribution in [0.15, 0.2) is 18.2 Å². The van der Waals surface area contributed by atoms with Crippen LogP contribution in [0.25, 0.3) is 0 Å². The summed E-state index contributed by atoms with van der Waals surface area (Å²) in [6.07, 6.45) is 5.02. The molecule has 0 radical (unpaired) electrons. The molecule has 0 amide bonds. The van der Waals surface area contributed by atoms with Gasteiger partial charge in [0.1, 0.15) is 0 Å². The van der Waals surface area contributed by atoms with E-state index in [9.17, 15) is 0 Å². The second-order valence-corrected chi connectivity index (χ2v) is 5.06. The predicted octanol–water partition coefficient (Wildman–Crippen LogP) is 5.06. The van der Waals surface area contributed by atoms with Crippen LogP contribution in [-0.2, 0) is 0 Å². The summed E-state index contributed by atoms with van der Waals surface area (Å²) in [5, 5.41) is 0.835. The Labute approximate surface area is 111 Å². The number of benzene rings is 1. The van der Waals surface area contributed by atoms with Crippen molar-refractivity contribution in [1.82, 2.24) is 0 Å². The van der Waals surface area contributed by atoms with Gasteiger partial charge >= 0.3 is 0 Å². The van der Waals surface area contributed by atoms with Crippen LogP contribution in [0.3, 0.4) is 0 Å². The number of anilines is 1. The molecule has 0 unspecified atom stereocenters. The summed E-state index contributed by atoms with van der Waals surface area (Å²) in [7, 11) is 0. The maximum Gasteiger partial charge on any atom is 0.0426 e. The van der Waals surface area contributed by atoms with E-state index in [-0.39, 0.29) is 0 Å².